The van der Waals surface area contributed by atoms with E-state index in [1.165, 1.54) is 0 Å². The van der Waals surface area contributed by atoms with E-state index >= 15 is 0 Å². The van der Waals surface area contributed by atoms with Gasteiger partial charge in [0.05, 0.1) is 5.41 Å². The second-order valence-corrected chi connectivity index (χ2v) is 13.0. The Labute approximate surface area is 210 Å². The molecule has 2 N–H and O–H groups in total. The van der Waals surface area contributed by atoms with Crippen LogP contribution in [0.4, 0.5) is 10.1 Å². The summed E-state index contributed by atoms with van der Waals surface area (Å²) in [6, 6.07) is 7.79. The van der Waals surface area contributed by atoms with Gasteiger partial charge in [-0.25, -0.2) is 4.39 Å². The Bertz CT molecular complexity index is 1240. The number of amides is 2. The van der Waals surface area contributed by atoms with Crippen LogP contribution in [0.3, 0.4) is 0 Å². The summed E-state index contributed by atoms with van der Waals surface area (Å²) in [5, 5.41) is 4.22. The number of nitrogens with two attached hydrogens (primary N) is 1. The topological polar surface area (TPSA) is 102 Å². The van der Waals surface area contributed by atoms with Gasteiger partial charge in [-0.05, 0) is 88.2 Å². The summed E-state index contributed by atoms with van der Waals surface area (Å²) in [6.07, 6.45) is 8.10. The van der Waals surface area contributed by atoms with Crippen molar-refractivity contribution in [3.8, 4) is 11.4 Å². The number of carbonyl (C=O) groups is 2. The lowest BCUT2D eigenvalue weighted by molar-refractivity contribution is -0.211. The molecule has 0 unspecified atom stereocenters. The number of hydrogen-bond acceptors (Lipinski definition) is 5. The predicted molar refractivity (Wildman–Crippen MR) is 131 cm³/mol. The third-order valence-corrected chi connectivity index (χ3v) is 10.4. The Morgan fingerprint density at radius 1 is 1.03 bits per heavy atom. The number of benzene rings is 1. The highest BCUT2D eigenvalue weighted by Crippen LogP contribution is 2.70. The van der Waals surface area contributed by atoms with E-state index < -0.39 is 11.1 Å². The standard InChI is InChI=1S/C28H33FN4O3/c1-24(5-6-24)22-31-20(32-36-22)18-3-2-4-19(13-18)33(23(35)27-14-28(29,15-27)16-27)17-25-7-10-26(11-8-25,12-9-25)21(30)34/h2-4,13H,5-12,14-17H2,1H3,(H2,30,34). The second-order valence-electron chi connectivity index (χ2n) is 13.0. The molecule has 2 aromatic rings. The SMILES string of the molecule is CC1(c2nc(-c3cccc(N(CC45CCC(C(N)=O)(CC4)CC5)C(=O)C45CC(F)(C4)C5)c3)no2)CC1. The lowest BCUT2D eigenvalue weighted by Gasteiger charge is -2.65. The largest absolute Gasteiger partial charge is 0.369 e. The fraction of sp³-hybridized carbons (Fsp3) is 0.643. The van der Waals surface area contributed by atoms with Gasteiger partial charge in [0.2, 0.25) is 23.5 Å². The number of alkyl halides is 1. The minimum Gasteiger partial charge on any atom is -0.369 e. The van der Waals surface area contributed by atoms with Gasteiger partial charge in [0.1, 0.15) is 5.67 Å². The number of aromatic nitrogens is 2. The van der Waals surface area contributed by atoms with Crippen LogP contribution in [0.15, 0.2) is 28.8 Å². The maximum atomic E-state index is 14.4. The first-order valence-electron chi connectivity index (χ1n) is 13.3. The van der Waals surface area contributed by atoms with Crippen molar-refractivity contribution in [1.82, 2.24) is 10.1 Å². The molecule has 1 aromatic heterocycles. The lowest BCUT2D eigenvalue weighted by Crippen LogP contribution is -2.71. The summed E-state index contributed by atoms with van der Waals surface area (Å²) < 4.78 is 20.0. The van der Waals surface area contributed by atoms with Gasteiger partial charge < -0.3 is 15.2 Å². The van der Waals surface area contributed by atoms with Crippen LogP contribution in [-0.2, 0) is 15.0 Å². The van der Waals surface area contributed by atoms with Crippen LogP contribution in [0.1, 0.15) is 83.4 Å². The molecule has 9 rings (SSSR count). The zero-order chi connectivity index (χ0) is 25.0. The molecule has 190 valence electrons. The molecular formula is C28H33FN4O3. The summed E-state index contributed by atoms with van der Waals surface area (Å²) >= 11 is 0. The van der Waals surface area contributed by atoms with Crippen LogP contribution >= 0.6 is 0 Å². The van der Waals surface area contributed by atoms with E-state index in [2.05, 4.69) is 17.1 Å². The highest BCUT2D eigenvalue weighted by Gasteiger charge is 2.73. The van der Waals surface area contributed by atoms with E-state index in [1.807, 2.05) is 29.2 Å². The predicted octanol–water partition coefficient (Wildman–Crippen LogP) is 4.84. The van der Waals surface area contributed by atoms with Crippen molar-refractivity contribution in [3.05, 3.63) is 30.2 Å². The summed E-state index contributed by atoms with van der Waals surface area (Å²) in [7, 11) is 0. The van der Waals surface area contributed by atoms with Gasteiger partial charge in [-0.15, -0.1) is 0 Å². The van der Waals surface area contributed by atoms with Gasteiger partial charge >= 0.3 is 0 Å². The van der Waals surface area contributed by atoms with Gasteiger partial charge in [-0.1, -0.05) is 24.2 Å². The quantitative estimate of drug-likeness (QED) is 0.596. The van der Waals surface area contributed by atoms with Crippen LogP contribution in [0.25, 0.3) is 11.4 Å². The lowest BCUT2D eigenvalue weighted by atomic mass is 9.41. The van der Waals surface area contributed by atoms with Crippen molar-refractivity contribution < 1.29 is 18.5 Å². The van der Waals surface area contributed by atoms with Crippen molar-refractivity contribution in [2.75, 3.05) is 11.4 Å². The summed E-state index contributed by atoms with van der Waals surface area (Å²) in [4.78, 5) is 32.7. The molecule has 4 bridgehead atoms. The van der Waals surface area contributed by atoms with E-state index in [0.717, 1.165) is 62.6 Å². The Hall–Kier alpha value is -2.77. The third kappa shape index (κ3) is 3.15. The van der Waals surface area contributed by atoms with Crippen molar-refractivity contribution in [3.63, 3.8) is 0 Å². The number of anilines is 1. The molecule has 2 amide bonds. The van der Waals surface area contributed by atoms with Crippen LogP contribution < -0.4 is 10.6 Å². The Kier molecular flexibility index (Phi) is 4.33. The van der Waals surface area contributed by atoms with Gasteiger partial charge in [-0.3, -0.25) is 9.59 Å². The first-order chi connectivity index (χ1) is 17.1. The zero-order valence-corrected chi connectivity index (χ0v) is 20.8. The number of primary amides is 1. The number of fused-ring (bicyclic) bond motifs is 3. The van der Waals surface area contributed by atoms with Crippen molar-refractivity contribution >= 4 is 17.5 Å². The molecule has 36 heavy (non-hydrogen) atoms. The molecule has 0 aliphatic heterocycles. The summed E-state index contributed by atoms with van der Waals surface area (Å²) in [5.41, 5.74) is 5.23. The first kappa shape index (κ1) is 22.4. The monoisotopic (exact) mass is 492 g/mol. The van der Waals surface area contributed by atoms with Gasteiger partial charge in [-0.2, -0.15) is 4.98 Å². The van der Waals surface area contributed by atoms with Gasteiger partial charge in [0.25, 0.3) is 0 Å². The molecule has 1 aromatic carbocycles. The Morgan fingerprint density at radius 2 is 1.69 bits per heavy atom. The maximum Gasteiger partial charge on any atom is 0.233 e. The molecule has 0 atom stereocenters. The average Bonchev–Trinajstić information content (AvgIpc) is 3.39. The minimum atomic E-state index is -1.14. The molecule has 7 aliphatic carbocycles. The molecule has 7 nitrogen and oxygen atoms in total. The highest BCUT2D eigenvalue weighted by molar-refractivity contribution is 6.00. The molecule has 0 spiro atoms. The number of hydrogen-bond donors (Lipinski definition) is 1. The first-order valence-corrected chi connectivity index (χ1v) is 13.3. The molecule has 7 aliphatic rings. The van der Waals surface area contributed by atoms with E-state index in [4.69, 9.17) is 10.3 Å². The van der Waals surface area contributed by atoms with Crippen LogP contribution in [0.5, 0.6) is 0 Å². The Balaban J connectivity index is 1.20. The smallest absolute Gasteiger partial charge is 0.233 e. The minimum absolute atomic E-state index is 0.0153. The molecular weight excluding hydrogens is 459 g/mol. The molecule has 7 fully saturated rings. The molecule has 1 heterocycles. The van der Waals surface area contributed by atoms with Gasteiger partial charge in [0.15, 0.2) is 0 Å². The summed E-state index contributed by atoms with van der Waals surface area (Å²) in [6.45, 7) is 2.71. The average molecular weight is 493 g/mol. The van der Waals surface area contributed by atoms with Crippen LogP contribution in [0.2, 0.25) is 0 Å². The van der Waals surface area contributed by atoms with Crippen molar-refractivity contribution in [2.24, 2.45) is 22.0 Å². The molecule has 8 heteroatoms. The highest BCUT2D eigenvalue weighted by atomic mass is 19.1. The fourth-order valence-corrected chi connectivity index (χ4v) is 7.46. The molecule has 7 saturated carbocycles. The number of nitrogens with zero attached hydrogens (tertiary/aromatic N) is 3. The number of carbonyl (C=O) groups excluding carboxylic acids is 2. The molecule has 0 radical (unpaired) electrons. The van der Waals surface area contributed by atoms with Crippen LogP contribution in [-0.4, -0.2) is 34.2 Å². The number of halogens is 1. The van der Waals surface area contributed by atoms with E-state index in [9.17, 15) is 14.0 Å². The zero-order valence-electron chi connectivity index (χ0n) is 20.8. The van der Waals surface area contributed by atoms with Gasteiger partial charge in [0, 0.05) is 28.6 Å². The Morgan fingerprint density at radius 3 is 2.28 bits per heavy atom. The van der Waals surface area contributed by atoms with Crippen LogP contribution in [0, 0.1) is 16.2 Å². The number of rotatable bonds is 7. The van der Waals surface area contributed by atoms with Crippen molar-refractivity contribution in [2.45, 2.75) is 88.6 Å². The maximum absolute atomic E-state index is 14.4. The van der Waals surface area contributed by atoms with Crippen molar-refractivity contribution in [1.29, 1.82) is 0 Å². The second kappa shape index (κ2) is 6.95. The summed E-state index contributed by atoms with van der Waals surface area (Å²) in [5.74, 6) is 1.04. The third-order valence-electron chi connectivity index (χ3n) is 10.4. The normalized spacial score (nSPS) is 37.1. The van der Waals surface area contributed by atoms with E-state index in [0.29, 0.717) is 37.5 Å². The van der Waals surface area contributed by atoms with E-state index in [1.54, 1.807) is 0 Å². The fourth-order valence-electron chi connectivity index (χ4n) is 7.46. The molecule has 0 saturated heterocycles. The van der Waals surface area contributed by atoms with E-state index in [-0.39, 0.29) is 28.1 Å².